The Balaban J connectivity index is 1.53. The Labute approximate surface area is 171 Å². The van der Waals surface area contributed by atoms with Crippen molar-refractivity contribution in [2.45, 2.75) is 44.9 Å². The summed E-state index contributed by atoms with van der Waals surface area (Å²) in [5.74, 6) is 2.50. The summed E-state index contributed by atoms with van der Waals surface area (Å²) in [4.78, 5) is 15.1. The number of likely N-dealkylation sites (tertiary alicyclic amines) is 1. The fourth-order valence-corrected chi connectivity index (χ4v) is 4.43. The molecule has 1 spiro atoms. The minimum atomic E-state index is -0.0470. The van der Waals surface area contributed by atoms with Crippen LogP contribution in [0.4, 0.5) is 0 Å². The summed E-state index contributed by atoms with van der Waals surface area (Å²) < 4.78 is 16.8. The maximum Gasteiger partial charge on any atom is 0.227 e. The SMILES string of the molecule is COc1ccc(CC(=O)N2CC(c3nnc(C(C)C)o3)C3(CCOCC3)C2)cc1. The summed E-state index contributed by atoms with van der Waals surface area (Å²) >= 11 is 0. The monoisotopic (exact) mass is 399 g/mol. The number of methoxy groups -OCH3 is 1. The highest BCUT2D eigenvalue weighted by Gasteiger charge is 2.51. The number of hydrogen-bond acceptors (Lipinski definition) is 6. The van der Waals surface area contributed by atoms with E-state index >= 15 is 0 Å². The summed E-state index contributed by atoms with van der Waals surface area (Å²) in [5.41, 5.74) is 0.939. The van der Waals surface area contributed by atoms with Crippen molar-refractivity contribution >= 4 is 5.91 Å². The molecule has 29 heavy (non-hydrogen) atoms. The van der Waals surface area contributed by atoms with E-state index in [1.807, 2.05) is 43.0 Å². The summed E-state index contributed by atoms with van der Waals surface area (Å²) in [6.45, 7) is 6.84. The van der Waals surface area contributed by atoms with Gasteiger partial charge in [-0.2, -0.15) is 0 Å². The Bertz CT molecular complexity index is 840. The van der Waals surface area contributed by atoms with Crippen molar-refractivity contribution < 1.29 is 18.7 Å². The number of carbonyl (C=O) groups excluding carboxylic acids is 1. The molecule has 1 unspecified atom stereocenters. The van der Waals surface area contributed by atoms with Crippen LogP contribution < -0.4 is 4.74 Å². The van der Waals surface area contributed by atoms with Crippen LogP contribution in [-0.4, -0.2) is 54.4 Å². The highest BCUT2D eigenvalue weighted by molar-refractivity contribution is 5.79. The van der Waals surface area contributed by atoms with Gasteiger partial charge in [0.15, 0.2) is 0 Å². The number of aromatic nitrogens is 2. The molecule has 7 heteroatoms. The molecule has 0 N–H and O–H groups in total. The first-order chi connectivity index (χ1) is 14.0. The average Bonchev–Trinajstić information content (AvgIpc) is 3.35. The van der Waals surface area contributed by atoms with E-state index in [1.165, 1.54) is 0 Å². The summed E-state index contributed by atoms with van der Waals surface area (Å²) in [7, 11) is 1.64. The second kappa shape index (κ2) is 8.14. The summed E-state index contributed by atoms with van der Waals surface area (Å²) in [5, 5.41) is 8.59. The lowest BCUT2D eigenvalue weighted by Crippen LogP contribution is -2.37. The second-order valence-electron chi connectivity index (χ2n) is 8.46. The number of hydrogen-bond donors (Lipinski definition) is 0. The Morgan fingerprint density at radius 1 is 1.24 bits per heavy atom. The largest absolute Gasteiger partial charge is 0.497 e. The van der Waals surface area contributed by atoms with E-state index in [0.717, 1.165) is 30.7 Å². The Hall–Kier alpha value is -2.41. The molecule has 0 aliphatic carbocycles. The van der Waals surface area contributed by atoms with E-state index < -0.39 is 0 Å². The third-order valence-electron chi connectivity index (χ3n) is 6.25. The van der Waals surface area contributed by atoms with Gasteiger partial charge in [-0.3, -0.25) is 4.79 Å². The molecule has 2 aliphatic heterocycles. The van der Waals surface area contributed by atoms with E-state index in [1.54, 1.807) is 7.11 Å². The van der Waals surface area contributed by atoms with Gasteiger partial charge in [-0.15, -0.1) is 10.2 Å². The van der Waals surface area contributed by atoms with Crippen LogP contribution in [0.3, 0.4) is 0 Å². The van der Waals surface area contributed by atoms with Crippen molar-refractivity contribution in [3.05, 3.63) is 41.6 Å². The van der Waals surface area contributed by atoms with Gasteiger partial charge in [0.1, 0.15) is 5.75 Å². The predicted octanol–water partition coefficient (Wildman–Crippen LogP) is 3.17. The van der Waals surface area contributed by atoms with Crippen molar-refractivity contribution in [3.63, 3.8) is 0 Å². The van der Waals surface area contributed by atoms with Gasteiger partial charge in [-0.25, -0.2) is 0 Å². The molecule has 2 saturated heterocycles. The quantitative estimate of drug-likeness (QED) is 0.769. The zero-order chi connectivity index (χ0) is 20.4. The lowest BCUT2D eigenvalue weighted by atomic mass is 9.72. The van der Waals surface area contributed by atoms with Crippen molar-refractivity contribution in [1.29, 1.82) is 0 Å². The number of nitrogens with zero attached hydrogens (tertiary/aromatic N) is 3. The molecule has 2 aromatic rings. The van der Waals surface area contributed by atoms with E-state index in [-0.39, 0.29) is 23.2 Å². The smallest absolute Gasteiger partial charge is 0.227 e. The standard InChI is InChI=1S/C22H29N3O4/c1-15(2)20-23-24-21(29-20)18-13-25(14-22(18)8-10-28-11-9-22)19(26)12-16-4-6-17(27-3)7-5-16/h4-7,15,18H,8-14H2,1-3H3. The molecule has 0 saturated carbocycles. The second-order valence-corrected chi connectivity index (χ2v) is 8.46. The molecule has 1 atom stereocenters. The van der Waals surface area contributed by atoms with E-state index in [9.17, 15) is 4.79 Å². The van der Waals surface area contributed by atoms with Gasteiger partial charge in [0.2, 0.25) is 17.7 Å². The minimum absolute atomic E-state index is 0.0470. The number of amides is 1. The topological polar surface area (TPSA) is 77.7 Å². The fraction of sp³-hybridized carbons (Fsp3) is 0.591. The molecule has 1 aromatic carbocycles. The predicted molar refractivity (Wildman–Crippen MR) is 107 cm³/mol. The normalized spacial score (nSPS) is 21.1. The van der Waals surface area contributed by atoms with Crippen LogP contribution in [-0.2, 0) is 16.0 Å². The molecule has 1 aromatic heterocycles. The van der Waals surface area contributed by atoms with Crippen LogP contribution in [0.15, 0.2) is 28.7 Å². The van der Waals surface area contributed by atoms with Crippen molar-refractivity contribution in [2.24, 2.45) is 5.41 Å². The van der Waals surface area contributed by atoms with Gasteiger partial charge < -0.3 is 18.8 Å². The van der Waals surface area contributed by atoms with Gasteiger partial charge in [0, 0.05) is 37.6 Å². The van der Waals surface area contributed by atoms with Crippen LogP contribution in [0, 0.1) is 5.41 Å². The number of carbonyl (C=O) groups is 1. The first-order valence-electron chi connectivity index (χ1n) is 10.3. The van der Waals surface area contributed by atoms with Gasteiger partial charge >= 0.3 is 0 Å². The number of ether oxygens (including phenoxy) is 2. The van der Waals surface area contributed by atoms with Crippen LogP contribution in [0.5, 0.6) is 5.75 Å². The Kier molecular flexibility index (Phi) is 5.58. The van der Waals surface area contributed by atoms with Crippen LogP contribution in [0.25, 0.3) is 0 Å². The van der Waals surface area contributed by atoms with E-state index in [0.29, 0.717) is 38.0 Å². The van der Waals surface area contributed by atoms with Gasteiger partial charge in [0.25, 0.3) is 0 Å². The molecule has 0 bridgehead atoms. The molecule has 2 aliphatic rings. The molecule has 7 nitrogen and oxygen atoms in total. The summed E-state index contributed by atoms with van der Waals surface area (Å²) in [6.07, 6.45) is 2.19. The molecular weight excluding hydrogens is 370 g/mol. The molecule has 3 heterocycles. The zero-order valence-corrected chi connectivity index (χ0v) is 17.4. The van der Waals surface area contributed by atoms with Crippen molar-refractivity contribution in [3.8, 4) is 5.75 Å². The molecular formula is C22H29N3O4. The first-order valence-corrected chi connectivity index (χ1v) is 10.3. The summed E-state index contributed by atoms with van der Waals surface area (Å²) in [6, 6.07) is 7.67. The van der Waals surface area contributed by atoms with Crippen LogP contribution >= 0.6 is 0 Å². The number of benzene rings is 1. The maximum absolute atomic E-state index is 13.1. The van der Waals surface area contributed by atoms with Gasteiger partial charge in [-0.05, 0) is 30.5 Å². The molecule has 1 amide bonds. The average molecular weight is 399 g/mol. The van der Waals surface area contributed by atoms with Gasteiger partial charge in [0.05, 0.1) is 19.4 Å². The molecule has 0 radical (unpaired) electrons. The van der Waals surface area contributed by atoms with Gasteiger partial charge in [-0.1, -0.05) is 26.0 Å². The molecule has 156 valence electrons. The van der Waals surface area contributed by atoms with Crippen molar-refractivity contribution in [2.75, 3.05) is 33.4 Å². The third kappa shape index (κ3) is 4.01. The lowest BCUT2D eigenvalue weighted by Gasteiger charge is -2.36. The first kappa shape index (κ1) is 19.9. The lowest BCUT2D eigenvalue weighted by molar-refractivity contribution is -0.130. The maximum atomic E-state index is 13.1. The Morgan fingerprint density at radius 3 is 2.59 bits per heavy atom. The van der Waals surface area contributed by atoms with Crippen LogP contribution in [0.2, 0.25) is 0 Å². The highest BCUT2D eigenvalue weighted by atomic mass is 16.5. The van der Waals surface area contributed by atoms with Crippen molar-refractivity contribution in [1.82, 2.24) is 15.1 Å². The van der Waals surface area contributed by atoms with Crippen LogP contribution in [0.1, 0.15) is 55.9 Å². The molecule has 4 rings (SSSR count). The van der Waals surface area contributed by atoms with E-state index in [4.69, 9.17) is 13.9 Å². The highest BCUT2D eigenvalue weighted by Crippen LogP contribution is 2.49. The minimum Gasteiger partial charge on any atom is -0.497 e. The Morgan fingerprint density at radius 2 is 1.97 bits per heavy atom. The third-order valence-corrected chi connectivity index (χ3v) is 6.25. The molecule has 2 fully saturated rings. The number of rotatable bonds is 5. The van der Waals surface area contributed by atoms with E-state index in [2.05, 4.69) is 10.2 Å². The zero-order valence-electron chi connectivity index (χ0n) is 17.4. The fourth-order valence-electron chi connectivity index (χ4n) is 4.43.